The van der Waals surface area contributed by atoms with Gasteiger partial charge in [0.05, 0.1) is 19.3 Å². The maximum Gasteiger partial charge on any atom is 0.318 e. The van der Waals surface area contributed by atoms with Crippen molar-refractivity contribution in [2.45, 2.75) is 19.5 Å². The van der Waals surface area contributed by atoms with Gasteiger partial charge in [-0.05, 0) is 29.7 Å². The molecule has 1 aliphatic heterocycles. The number of fused-ring (bicyclic) bond motifs is 1. The molecule has 3 rings (SSSR count). The van der Waals surface area contributed by atoms with Crippen molar-refractivity contribution in [1.82, 2.24) is 15.2 Å². The number of methoxy groups -OCH3 is 1. The van der Waals surface area contributed by atoms with Crippen molar-refractivity contribution in [2.75, 3.05) is 13.7 Å². The molecule has 2 aromatic rings. The highest BCUT2D eigenvalue weighted by atomic mass is 19.1. The Kier molecular flexibility index (Phi) is 4.59. The first kappa shape index (κ1) is 16.2. The minimum absolute atomic E-state index is 0.182. The Labute approximate surface area is 138 Å². The van der Waals surface area contributed by atoms with E-state index >= 15 is 0 Å². The van der Waals surface area contributed by atoms with E-state index in [0.717, 1.165) is 6.07 Å². The molecule has 2 amide bonds. The van der Waals surface area contributed by atoms with Crippen molar-refractivity contribution in [2.24, 2.45) is 0 Å². The van der Waals surface area contributed by atoms with Crippen LogP contribution in [-0.2, 0) is 19.5 Å². The largest absolute Gasteiger partial charge is 0.481 e. The molecule has 0 spiro atoms. The van der Waals surface area contributed by atoms with Gasteiger partial charge in [0, 0.05) is 25.2 Å². The summed E-state index contributed by atoms with van der Waals surface area (Å²) in [6.45, 7) is 0.811. The van der Waals surface area contributed by atoms with Crippen LogP contribution in [0.15, 0.2) is 30.3 Å². The van der Waals surface area contributed by atoms with E-state index in [4.69, 9.17) is 4.74 Å². The zero-order valence-corrected chi connectivity index (χ0v) is 13.2. The van der Waals surface area contributed by atoms with Gasteiger partial charge >= 0.3 is 6.03 Å². The molecule has 0 fully saturated rings. The molecule has 0 saturated heterocycles. The molecule has 2 heterocycles. The molecule has 126 valence electrons. The molecule has 1 aromatic heterocycles. The number of hydrogen-bond donors (Lipinski definition) is 1. The third-order valence-corrected chi connectivity index (χ3v) is 3.94. The van der Waals surface area contributed by atoms with E-state index in [1.54, 1.807) is 18.2 Å². The fourth-order valence-corrected chi connectivity index (χ4v) is 2.73. The smallest absolute Gasteiger partial charge is 0.318 e. The molecular formula is C17H17F2N3O2. The fourth-order valence-electron chi connectivity index (χ4n) is 2.73. The van der Waals surface area contributed by atoms with E-state index in [0.29, 0.717) is 35.7 Å². The second kappa shape index (κ2) is 6.82. The number of rotatable bonds is 3. The first-order chi connectivity index (χ1) is 11.6. The molecule has 1 aromatic carbocycles. The molecular weight excluding hydrogens is 316 g/mol. The van der Waals surface area contributed by atoms with Crippen molar-refractivity contribution < 1.29 is 18.3 Å². The summed E-state index contributed by atoms with van der Waals surface area (Å²) < 4.78 is 32.1. The van der Waals surface area contributed by atoms with Crippen molar-refractivity contribution in [1.29, 1.82) is 0 Å². The van der Waals surface area contributed by atoms with Gasteiger partial charge in [-0.3, -0.25) is 0 Å². The number of carbonyl (C=O) groups is 1. The number of nitrogens with zero attached hydrogens (tertiary/aromatic N) is 2. The van der Waals surface area contributed by atoms with E-state index in [-0.39, 0.29) is 19.1 Å². The van der Waals surface area contributed by atoms with Gasteiger partial charge in [-0.25, -0.2) is 18.6 Å². The molecule has 0 unspecified atom stereocenters. The van der Waals surface area contributed by atoms with Crippen molar-refractivity contribution in [3.63, 3.8) is 0 Å². The average molecular weight is 333 g/mol. The van der Waals surface area contributed by atoms with E-state index < -0.39 is 11.6 Å². The standard InChI is InChI=1S/C17H17F2N3O2/c1-24-16-4-2-3-13(21-16)9-20-17(23)22-6-5-14-11(10-22)7-12(18)8-15(14)19/h2-4,7-8H,5-6,9-10H2,1H3,(H,20,23). The van der Waals surface area contributed by atoms with Gasteiger partial charge in [-0.1, -0.05) is 6.07 Å². The Morgan fingerprint density at radius 2 is 2.21 bits per heavy atom. The van der Waals surface area contributed by atoms with Crippen molar-refractivity contribution in [3.05, 3.63) is 58.8 Å². The molecule has 24 heavy (non-hydrogen) atoms. The summed E-state index contributed by atoms with van der Waals surface area (Å²) in [6.07, 6.45) is 0.367. The molecule has 1 aliphatic rings. The van der Waals surface area contributed by atoms with Gasteiger partial charge in [0.15, 0.2) is 0 Å². The van der Waals surface area contributed by atoms with Gasteiger partial charge in [-0.2, -0.15) is 0 Å². The highest BCUT2D eigenvalue weighted by Crippen LogP contribution is 2.23. The van der Waals surface area contributed by atoms with Gasteiger partial charge < -0.3 is 15.0 Å². The second-order valence-electron chi connectivity index (χ2n) is 5.53. The van der Waals surface area contributed by atoms with Gasteiger partial charge in [0.25, 0.3) is 0 Å². The minimum Gasteiger partial charge on any atom is -0.481 e. The van der Waals surface area contributed by atoms with Crippen LogP contribution in [-0.4, -0.2) is 29.6 Å². The number of amides is 2. The summed E-state index contributed by atoms with van der Waals surface area (Å²) in [6, 6.07) is 7.14. The predicted molar refractivity (Wildman–Crippen MR) is 83.5 cm³/mol. The molecule has 0 bridgehead atoms. The number of nitrogens with one attached hydrogen (secondary N) is 1. The third-order valence-electron chi connectivity index (χ3n) is 3.94. The number of urea groups is 1. The van der Waals surface area contributed by atoms with Crippen LogP contribution in [0.2, 0.25) is 0 Å². The third kappa shape index (κ3) is 3.45. The summed E-state index contributed by atoms with van der Waals surface area (Å²) >= 11 is 0. The van der Waals surface area contributed by atoms with Crippen LogP contribution < -0.4 is 10.1 Å². The van der Waals surface area contributed by atoms with E-state index in [2.05, 4.69) is 10.3 Å². The summed E-state index contributed by atoms with van der Waals surface area (Å²) in [5.74, 6) is -0.709. The SMILES string of the molecule is COc1cccc(CNC(=O)N2CCc3c(F)cc(F)cc3C2)n1. The lowest BCUT2D eigenvalue weighted by molar-refractivity contribution is 0.191. The van der Waals surface area contributed by atoms with Crippen molar-refractivity contribution in [3.8, 4) is 5.88 Å². The Balaban J connectivity index is 1.64. The number of halogens is 2. The van der Waals surface area contributed by atoms with Crippen LogP contribution in [0.4, 0.5) is 13.6 Å². The summed E-state index contributed by atoms with van der Waals surface area (Å²) in [7, 11) is 1.52. The van der Waals surface area contributed by atoms with Crippen LogP contribution in [0, 0.1) is 11.6 Å². The van der Waals surface area contributed by atoms with E-state index in [1.165, 1.54) is 18.1 Å². The molecule has 7 heteroatoms. The number of hydrogen-bond acceptors (Lipinski definition) is 3. The average Bonchev–Trinajstić information content (AvgIpc) is 2.59. The number of carbonyl (C=O) groups excluding carboxylic acids is 1. The fraction of sp³-hybridized carbons (Fsp3) is 0.294. The lowest BCUT2D eigenvalue weighted by Crippen LogP contribution is -2.42. The Bertz CT molecular complexity index is 767. The summed E-state index contributed by atoms with van der Waals surface area (Å²) in [5.41, 5.74) is 1.65. The maximum absolute atomic E-state index is 13.7. The monoisotopic (exact) mass is 333 g/mol. The molecule has 0 saturated carbocycles. The molecule has 0 aliphatic carbocycles. The van der Waals surface area contributed by atoms with Gasteiger partial charge in [-0.15, -0.1) is 0 Å². The summed E-state index contributed by atoms with van der Waals surface area (Å²) in [4.78, 5) is 18.0. The van der Waals surface area contributed by atoms with Crippen LogP contribution in [0.25, 0.3) is 0 Å². The van der Waals surface area contributed by atoms with Gasteiger partial charge in [0.2, 0.25) is 5.88 Å². The zero-order chi connectivity index (χ0) is 17.1. The van der Waals surface area contributed by atoms with Crippen LogP contribution in [0.1, 0.15) is 16.8 Å². The predicted octanol–water partition coefficient (Wildman–Crippen LogP) is 2.64. The highest BCUT2D eigenvalue weighted by Gasteiger charge is 2.23. The normalized spacial score (nSPS) is 13.4. The second-order valence-corrected chi connectivity index (χ2v) is 5.53. The Hall–Kier alpha value is -2.70. The molecule has 0 radical (unpaired) electrons. The minimum atomic E-state index is -0.630. The van der Waals surface area contributed by atoms with Crippen LogP contribution >= 0.6 is 0 Å². The highest BCUT2D eigenvalue weighted by molar-refractivity contribution is 5.74. The first-order valence-corrected chi connectivity index (χ1v) is 7.56. The number of ether oxygens (including phenoxy) is 1. The molecule has 0 atom stereocenters. The Morgan fingerprint density at radius 3 is 3.00 bits per heavy atom. The maximum atomic E-state index is 13.7. The van der Waals surface area contributed by atoms with Crippen LogP contribution in [0.3, 0.4) is 0 Å². The molecule has 1 N–H and O–H groups in total. The number of pyridine rings is 1. The zero-order valence-electron chi connectivity index (χ0n) is 13.2. The lowest BCUT2D eigenvalue weighted by Gasteiger charge is -2.29. The molecule has 5 nitrogen and oxygen atoms in total. The van der Waals surface area contributed by atoms with Crippen LogP contribution in [0.5, 0.6) is 5.88 Å². The van der Waals surface area contributed by atoms with Gasteiger partial charge in [0.1, 0.15) is 11.6 Å². The lowest BCUT2D eigenvalue weighted by atomic mass is 9.99. The number of aromatic nitrogens is 1. The van der Waals surface area contributed by atoms with E-state index in [1.807, 2.05) is 0 Å². The first-order valence-electron chi connectivity index (χ1n) is 7.56. The summed E-state index contributed by atoms with van der Waals surface area (Å²) in [5, 5.41) is 2.76. The number of benzene rings is 1. The topological polar surface area (TPSA) is 54.5 Å². The van der Waals surface area contributed by atoms with Crippen molar-refractivity contribution >= 4 is 6.03 Å². The Morgan fingerprint density at radius 1 is 1.38 bits per heavy atom. The quantitative estimate of drug-likeness (QED) is 0.939. The van der Waals surface area contributed by atoms with E-state index in [9.17, 15) is 13.6 Å².